The number of nitrogens with one attached hydrogen (secondary N) is 1. The van der Waals surface area contributed by atoms with Gasteiger partial charge in [-0.25, -0.2) is 13.4 Å². The highest BCUT2D eigenvalue weighted by Crippen LogP contribution is 2.35. The Hall–Kier alpha value is -3.38. The van der Waals surface area contributed by atoms with Crippen LogP contribution in [0.5, 0.6) is 5.75 Å². The fourth-order valence-electron chi connectivity index (χ4n) is 4.22. The third-order valence-corrected chi connectivity index (χ3v) is 8.12. The van der Waals surface area contributed by atoms with Gasteiger partial charge in [0.2, 0.25) is 10.0 Å². The van der Waals surface area contributed by atoms with Crippen molar-refractivity contribution in [3.05, 3.63) is 66.2 Å². The number of piperidine rings is 1. The third-order valence-electron chi connectivity index (χ3n) is 6.21. The number of unbranched alkanes of at least 4 members (excludes halogenated alkanes) is 1. The van der Waals surface area contributed by atoms with Gasteiger partial charge in [0.05, 0.1) is 4.90 Å². The van der Waals surface area contributed by atoms with E-state index in [9.17, 15) is 26.4 Å². The molecule has 1 aliphatic heterocycles. The molecule has 0 aliphatic carbocycles. The molecule has 0 spiro atoms. The third kappa shape index (κ3) is 6.54. The number of rotatable bonds is 9. The van der Waals surface area contributed by atoms with Crippen molar-refractivity contribution >= 4 is 15.9 Å². The summed E-state index contributed by atoms with van der Waals surface area (Å²) in [4.78, 5) is 17.3. The molecule has 0 atom stereocenters. The second-order valence-electron chi connectivity index (χ2n) is 8.90. The van der Waals surface area contributed by atoms with E-state index in [2.05, 4.69) is 15.0 Å². The molecule has 4 rings (SSSR count). The van der Waals surface area contributed by atoms with Gasteiger partial charge in [-0.15, -0.1) is 13.2 Å². The first-order valence-corrected chi connectivity index (χ1v) is 13.7. The fourth-order valence-corrected chi connectivity index (χ4v) is 5.69. The van der Waals surface area contributed by atoms with Crippen LogP contribution in [0.25, 0.3) is 11.3 Å². The topological polar surface area (TPSA) is 102 Å². The number of carbonyl (C=O) groups is 1. The summed E-state index contributed by atoms with van der Waals surface area (Å²) in [6, 6.07) is 13.3. The summed E-state index contributed by atoms with van der Waals surface area (Å²) in [5, 5.41) is 2.87. The molecule has 1 saturated heterocycles. The number of aromatic nitrogens is 1. The maximum absolute atomic E-state index is 13.1. The number of hydrogen-bond acceptors (Lipinski definition) is 6. The highest BCUT2D eigenvalue weighted by atomic mass is 32.2. The molecular weight excluding hydrogens is 523 g/mol. The van der Waals surface area contributed by atoms with E-state index in [-0.39, 0.29) is 35.5 Å². The van der Waals surface area contributed by atoms with Crippen LogP contribution in [-0.2, 0) is 10.0 Å². The van der Waals surface area contributed by atoms with Crippen molar-refractivity contribution in [1.82, 2.24) is 14.6 Å². The lowest BCUT2D eigenvalue weighted by Crippen LogP contribution is -2.38. The molecule has 204 valence electrons. The summed E-state index contributed by atoms with van der Waals surface area (Å²) in [7, 11) is -3.92. The number of halogens is 3. The fraction of sp³-hybridized carbons (Fsp3) is 0.385. The Morgan fingerprint density at radius 1 is 1.11 bits per heavy atom. The van der Waals surface area contributed by atoms with E-state index in [4.69, 9.17) is 4.42 Å². The van der Waals surface area contributed by atoms with Crippen molar-refractivity contribution in [2.45, 2.75) is 49.8 Å². The molecule has 1 aliphatic rings. The van der Waals surface area contributed by atoms with Gasteiger partial charge in [0.1, 0.15) is 5.75 Å². The smallest absolute Gasteiger partial charge is 0.440 e. The first-order valence-electron chi connectivity index (χ1n) is 12.3. The van der Waals surface area contributed by atoms with Crippen LogP contribution in [0.4, 0.5) is 13.2 Å². The quantitative estimate of drug-likeness (QED) is 0.361. The Bertz CT molecular complexity index is 1330. The van der Waals surface area contributed by atoms with Gasteiger partial charge in [-0.2, -0.15) is 4.31 Å². The van der Waals surface area contributed by atoms with Crippen LogP contribution in [0.3, 0.4) is 0 Å². The van der Waals surface area contributed by atoms with Gasteiger partial charge in [-0.3, -0.25) is 4.79 Å². The van der Waals surface area contributed by atoms with E-state index in [1.165, 1.54) is 4.31 Å². The molecule has 0 saturated carbocycles. The summed E-state index contributed by atoms with van der Waals surface area (Å²) in [6.45, 7) is 2.87. The number of sulfonamides is 1. The summed E-state index contributed by atoms with van der Waals surface area (Å²) >= 11 is 0. The first kappa shape index (κ1) is 27.6. The van der Waals surface area contributed by atoms with Gasteiger partial charge >= 0.3 is 6.36 Å². The summed E-state index contributed by atoms with van der Waals surface area (Å²) in [6.07, 6.45) is -2.29. The van der Waals surface area contributed by atoms with Crippen molar-refractivity contribution in [1.29, 1.82) is 0 Å². The van der Waals surface area contributed by atoms with E-state index in [0.29, 0.717) is 36.6 Å². The molecule has 12 heteroatoms. The largest absolute Gasteiger partial charge is 0.573 e. The minimum Gasteiger partial charge on any atom is -0.440 e. The average Bonchev–Trinajstić information content (AvgIpc) is 3.35. The van der Waals surface area contributed by atoms with Crippen molar-refractivity contribution in [2.75, 3.05) is 19.6 Å². The van der Waals surface area contributed by atoms with Crippen LogP contribution >= 0.6 is 0 Å². The molecule has 0 unspecified atom stereocenters. The number of carbonyl (C=O) groups excluding carboxylic acids is 1. The van der Waals surface area contributed by atoms with Crippen LogP contribution in [-0.4, -0.2) is 49.6 Å². The highest BCUT2D eigenvalue weighted by molar-refractivity contribution is 7.89. The van der Waals surface area contributed by atoms with Crippen LogP contribution in [0, 0.1) is 0 Å². The highest BCUT2D eigenvalue weighted by Gasteiger charge is 2.34. The molecule has 0 bridgehead atoms. The maximum atomic E-state index is 13.1. The van der Waals surface area contributed by atoms with Gasteiger partial charge in [0, 0.05) is 31.1 Å². The standard InChI is InChI=1S/C26H28F3N3O5S/c1-2-3-15-30-24(33)22-23(18-7-5-4-6-8-18)36-25(31-22)19-13-16-32(17-14-19)38(34,35)21-11-9-20(10-12-21)37-26(27,28)29/h4-12,19H,2-3,13-17H2,1H3,(H,30,33). The summed E-state index contributed by atoms with van der Waals surface area (Å²) < 4.78 is 74.5. The van der Waals surface area contributed by atoms with Crippen LogP contribution < -0.4 is 10.1 Å². The number of amides is 1. The van der Waals surface area contributed by atoms with Gasteiger partial charge in [0.25, 0.3) is 5.91 Å². The Kier molecular flexibility index (Phi) is 8.41. The van der Waals surface area contributed by atoms with Gasteiger partial charge < -0.3 is 14.5 Å². The van der Waals surface area contributed by atoms with Crippen LogP contribution in [0.2, 0.25) is 0 Å². The molecule has 2 aromatic carbocycles. The Labute approximate surface area is 218 Å². The zero-order chi connectivity index (χ0) is 27.3. The normalized spacial score (nSPS) is 15.4. The predicted octanol–water partition coefficient (Wildman–Crippen LogP) is 5.34. The van der Waals surface area contributed by atoms with E-state index in [0.717, 1.165) is 37.1 Å². The molecule has 2 heterocycles. The van der Waals surface area contributed by atoms with Crippen molar-refractivity contribution in [3.63, 3.8) is 0 Å². The number of oxazole rings is 1. The molecule has 1 fully saturated rings. The molecular formula is C26H28F3N3O5S. The molecule has 1 N–H and O–H groups in total. The molecule has 1 aromatic heterocycles. The first-order chi connectivity index (χ1) is 18.1. The van der Waals surface area contributed by atoms with Gasteiger partial charge in [-0.05, 0) is 43.5 Å². The van der Waals surface area contributed by atoms with Crippen LogP contribution in [0.1, 0.15) is 54.9 Å². The predicted molar refractivity (Wildman–Crippen MR) is 133 cm³/mol. The zero-order valence-corrected chi connectivity index (χ0v) is 21.5. The number of ether oxygens (including phenoxy) is 1. The van der Waals surface area contributed by atoms with E-state index in [1.807, 2.05) is 37.3 Å². The van der Waals surface area contributed by atoms with Crippen LogP contribution in [0.15, 0.2) is 63.9 Å². The molecule has 1 amide bonds. The Morgan fingerprint density at radius 3 is 2.37 bits per heavy atom. The monoisotopic (exact) mass is 551 g/mol. The average molecular weight is 552 g/mol. The minimum absolute atomic E-state index is 0.126. The Balaban J connectivity index is 1.48. The Morgan fingerprint density at radius 2 is 1.76 bits per heavy atom. The summed E-state index contributed by atoms with van der Waals surface area (Å²) in [5.74, 6) is -0.294. The number of hydrogen-bond donors (Lipinski definition) is 1. The lowest BCUT2D eigenvalue weighted by Gasteiger charge is -2.29. The van der Waals surface area contributed by atoms with Gasteiger partial charge in [-0.1, -0.05) is 43.7 Å². The second kappa shape index (κ2) is 11.6. The summed E-state index contributed by atoms with van der Waals surface area (Å²) in [5.41, 5.74) is 0.906. The molecule has 0 radical (unpaired) electrons. The minimum atomic E-state index is -4.86. The maximum Gasteiger partial charge on any atom is 0.573 e. The lowest BCUT2D eigenvalue weighted by atomic mass is 9.98. The van der Waals surface area contributed by atoms with E-state index < -0.39 is 22.1 Å². The van der Waals surface area contributed by atoms with E-state index in [1.54, 1.807) is 0 Å². The zero-order valence-electron chi connectivity index (χ0n) is 20.7. The lowest BCUT2D eigenvalue weighted by molar-refractivity contribution is -0.274. The van der Waals surface area contributed by atoms with Crippen molar-refractivity contribution in [2.24, 2.45) is 0 Å². The SMILES string of the molecule is CCCCNC(=O)c1nc(C2CCN(S(=O)(=O)c3ccc(OC(F)(F)F)cc3)CC2)oc1-c1ccccc1. The molecule has 38 heavy (non-hydrogen) atoms. The number of nitrogens with zero attached hydrogens (tertiary/aromatic N) is 2. The molecule has 3 aromatic rings. The van der Waals surface area contributed by atoms with Crippen molar-refractivity contribution < 1.29 is 35.5 Å². The molecule has 8 nitrogen and oxygen atoms in total. The second-order valence-corrected chi connectivity index (χ2v) is 10.8. The number of alkyl halides is 3. The van der Waals surface area contributed by atoms with Gasteiger partial charge in [0.15, 0.2) is 17.3 Å². The van der Waals surface area contributed by atoms with Crippen molar-refractivity contribution in [3.8, 4) is 17.1 Å². The van der Waals surface area contributed by atoms with E-state index >= 15 is 0 Å². The number of benzene rings is 2.